The number of hydrogen-bond acceptors (Lipinski definition) is 4. The second kappa shape index (κ2) is 9.99. The van der Waals surface area contributed by atoms with Crippen LogP contribution in [-0.2, 0) is 10.5 Å². The van der Waals surface area contributed by atoms with E-state index in [2.05, 4.69) is 36.5 Å². The third-order valence-corrected chi connectivity index (χ3v) is 4.71. The van der Waals surface area contributed by atoms with Crippen molar-refractivity contribution in [2.45, 2.75) is 25.7 Å². The molecule has 5 heteroatoms. The number of para-hydroxylation sites is 2. The number of carbonyl (C=O) groups is 1. The van der Waals surface area contributed by atoms with Gasteiger partial charge in [-0.25, -0.2) is 0 Å². The lowest BCUT2D eigenvalue weighted by Gasteiger charge is -2.16. The van der Waals surface area contributed by atoms with Gasteiger partial charge in [-0.1, -0.05) is 42.0 Å². The first kappa shape index (κ1) is 19.2. The molecule has 0 spiro atoms. The number of thioether (sulfide) groups is 1. The number of nitrogens with one attached hydrogen (secondary N) is 1. The first-order chi connectivity index (χ1) is 12.1. The van der Waals surface area contributed by atoms with Crippen LogP contribution in [0.15, 0.2) is 48.5 Å². The lowest BCUT2D eigenvalue weighted by molar-refractivity contribution is -0.127. The van der Waals surface area contributed by atoms with E-state index in [-0.39, 0.29) is 5.91 Å². The summed E-state index contributed by atoms with van der Waals surface area (Å²) in [5.41, 5.74) is 2.57. The van der Waals surface area contributed by atoms with Crippen LogP contribution in [-0.4, -0.2) is 31.4 Å². The zero-order chi connectivity index (χ0) is 18.1. The van der Waals surface area contributed by atoms with Gasteiger partial charge in [-0.3, -0.25) is 4.79 Å². The summed E-state index contributed by atoms with van der Waals surface area (Å²) in [6.07, 6.45) is -0.571. The smallest absolute Gasteiger partial charge is 0.260 e. The maximum absolute atomic E-state index is 12.1. The molecule has 0 unspecified atom stereocenters. The Hall–Kier alpha value is -2.14. The lowest BCUT2D eigenvalue weighted by atomic mass is 10.2. The van der Waals surface area contributed by atoms with E-state index in [9.17, 15) is 4.79 Å². The Morgan fingerprint density at radius 1 is 1.12 bits per heavy atom. The molecule has 0 aliphatic rings. The molecular formula is C20H25NO3S. The minimum absolute atomic E-state index is 0.123. The molecule has 4 nitrogen and oxygen atoms in total. The normalized spacial score (nSPS) is 11.6. The van der Waals surface area contributed by atoms with Crippen molar-refractivity contribution < 1.29 is 14.3 Å². The van der Waals surface area contributed by atoms with Crippen molar-refractivity contribution in [2.24, 2.45) is 0 Å². The molecule has 2 rings (SSSR count). The Labute approximate surface area is 153 Å². The molecule has 0 saturated heterocycles. The predicted molar refractivity (Wildman–Crippen MR) is 103 cm³/mol. The van der Waals surface area contributed by atoms with E-state index in [4.69, 9.17) is 9.47 Å². The first-order valence-corrected chi connectivity index (χ1v) is 9.46. The molecule has 0 heterocycles. The van der Waals surface area contributed by atoms with Gasteiger partial charge in [0.05, 0.1) is 7.11 Å². The summed E-state index contributed by atoms with van der Waals surface area (Å²) in [6.45, 7) is 4.44. The molecule has 1 amide bonds. The standard InChI is InChI=1S/C20H25NO3S/c1-15-8-10-17(11-9-15)14-25-13-12-21-20(22)16(2)24-19-7-5-4-6-18(19)23-3/h4-11,16H,12-14H2,1-3H3,(H,21,22)/t16-/m0/s1. The SMILES string of the molecule is COc1ccccc1O[C@@H](C)C(=O)NCCSCc1ccc(C)cc1. The fraction of sp³-hybridized carbons (Fsp3) is 0.350. The lowest BCUT2D eigenvalue weighted by Crippen LogP contribution is -2.37. The summed E-state index contributed by atoms with van der Waals surface area (Å²) in [6, 6.07) is 15.8. The maximum atomic E-state index is 12.1. The van der Waals surface area contributed by atoms with E-state index in [1.165, 1.54) is 11.1 Å². The zero-order valence-electron chi connectivity index (χ0n) is 15.0. The Morgan fingerprint density at radius 3 is 2.48 bits per heavy atom. The minimum atomic E-state index is -0.571. The number of aryl methyl sites for hydroxylation is 1. The van der Waals surface area contributed by atoms with Crippen LogP contribution in [0.1, 0.15) is 18.1 Å². The fourth-order valence-electron chi connectivity index (χ4n) is 2.22. The van der Waals surface area contributed by atoms with Crippen LogP contribution in [0.3, 0.4) is 0 Å². The van der Waals surface area contributed by atoms with Gasteiger partial charge in [-0.05, 0) is 31.5 Å². The molecule has 0 aliphatic heterocycles. The second-order valence-corrected chi connectivity index (χ2v) is 6.85. The topological polar surface area (TPSA) is 47.6 Å². The van der Waals surface area contributed by atoms with Crippen molar-refractivity contribution in [1.29, 1.82) is 0 Å². The van der Waals surface area contributed by atoms with E-state index in [0.717, 1.165) is 11.5 Å². The van der Waals surface area contributed by atoms with E-state index in [1.54, 1.807) is 31.9 Å². The summed E-state index contributed by atoms with van der Waals surface area (Å²) in [7, 11) is 1.58. The van der Waals surface area contributed by atoms with Gasteiger partial charge in [0.1, 0.15) is 0 Å². The van der Waals surface area contributed by atoms with Gasteiger partial charge in [0, 0.05) is 18.1 Å². The van der Waals surface area contributed by atoms with Gasteiger partial charge >= 0.3 is 0 Å². The molecule has 2 aromatic rings. The van der Waals surface area contributed by atoms with Gasteiger partial charge < -0.3 is 14.8 Å². The second-order valence-electron chi connectivity index (χ2n) is 5.74. The van der Waals surface area contributed by atoms with Gasteiger partial charge in [0.15, 0.2) is 17.6 Å². The highest BCUT2D eigenvalue weighted by molar-refractivity contribution is 7.98. The van der Waals surface area contributed by atoms with Crippen molar-refractivity contribution in [3.05, 3.63) is 59.7 Å². The zero-order valence-corrected chi connectivity index (χ0v) is 15.8. The Kier molecular flexibility index (Phi) is 7.67. The number of carbonyl (C=O) groups excluding carboxylic acids is 1. The highest BCUT2D eigenvalue weighted by Crippen LogP contribution is 2.26. The Balaban J connectivity index is 1.68. The fourth-order valence-corrected chi connectivity index (χ4v) is 3.04. The van der Waals surface area contributed by atoms with Crippen LogP contribution >= 0.6 is 11.8 Å². The summed E-state index contributed by atoms with van der Waals surface area (Å²) >= 11 is 1.80. The molecule has 0 radical (unpaired) electrons. The average Bonchev–Trinajstić information content (AvgIpc) is 2.63. The van der Waals surface area contributed by atoms with Crippen LogP contribution in [0.5, 0.6) is 11.5 Å². The predicted octanol–water partition coefficient (Wildman–Crippen LogP) is 3.82. The van der Waals surface area contributed by atoms with Crippen LogP contribution < -0.4 is 14.8 Å². The highest BCUT2D eigenvalue weighted by atomic mass is 32.2. The number of hydrogen-bond donors (Lipinski definition) is 1. The van der Waals surface area contributed by atoms with Crippen molar-refractivity contribution >= 4 is 17.7 Å². The van der Waals surface area contributed by atoms with Crippen LogP contribution in [0.2, 0.25) is 0 Å². The third kappa shape index (κ3) is 6.35. The summed E-state index contributed by atoms with van der Waals surface area (Å²) in [4.78, 5) is 12.1. The average molecular weight is 359 g/mol. The Morgan fingerprint density at radius 2 is 1.80 bits per heavy atom. The molecule has 0 aliphatic carbocycles. The monoisotopic (exact) mass is 359 g/mol. The van der Waals surface area contributed by atoms with Crippen LogP contribution in [0.4, 0.5) is 0 Å². The molecule has 25 heavy (non-hydrogen) atoms. The number of benzene rings is 2. The number of ether oxygens (including phenoxy) is 2. The molecule has 0 saturated carbocycles. The molecule has 1 atom stereocenters. The third-order valence-electron chi connectivity index (χ3n) is 3.68. The van der Waals surface area contributed by atoms with Crippen molar-refractivity contribution in [3.8, 4) is 11.5 Å². The van der Waals surface area contributed by atoms with Gasteiger partial charge in [-0.2, -0.15) is 11.8 Å². The summed E-state index contributed by atoms with van der Waals surface area (Å²) in [5.74, 6) is 2.88. The number of rotatable bonds is 9. The minimum Gasteiger partial charge on any atom is -0.493 e. The quantitative estimate of drug-likeness (QED) is 0.692. The maximum Gasteiger partial charge on any atom is 0.260 e. The van der Waals surface area contributed by atoms with E-state index in [0.29, 0.717) is 18.0 Å². The van der Waals surface area contributed by atoms with E-state index in [1.807, 2.05) is 18.2 Å². The van der Waals surface area contributed by atoms with Crippen molar-refractivity contribution in [1.82, 2.24) is 5.32 Å². The van der Waals surface area contributed by atoms with Gasteiger partial charge in [-0.15, -0.1) is 0 Å². The van der Waals surface area contributed by atoms with Crippen LogP contribution in [0.25, 0.3) is 0 Å². The molecule has 0 fully saturated rings. The summed E-state index contributed by atoms with van der Waals surface area (Å²) < 4.78 is 10.9. The number of amides is 1. The molecular weight excluding hydrogens is 334 g/mol. The first-order valence-electron chi connectivity index (χ1n) is 8.31. The molecule has 1 N–H and O–H groups in total. The van der Waals surface area contributed by atoms with Gasteiger partial charge in [0.2, 0.25) is 0 Å². The van der Waals surface area contributed by atoms with E-state index < -0.39 is 6.10 Å². The van der Waals surface area contributed by atoms with Crippen molar-refractivity contribution in [2.75, 3.05) is 19.4 Å². The molecule has 2 aromatic carbocycles. The largest absolute Gasteiger partial charge is 0.493 e. The number of methoxy groups -OCH3 is 1. The molecule has 0 aromatic heterocycles. The highest BCUT2D eigenvalue weighted by Gasteiger charge is 2.15. The Bertz CT molecular complexity index is 673. The van der Waals surface area contributed by atoms with E-state index >= 15 is 0 Å². The van der Waals surface area contributed by atoms with Crippen LogP contribution in [0, 0.1) is 6.92 Å². The molecule has 0 bridgehead atoms. The van der Waals surface area contributed by atoms with Gasteiger partial charge in [0.25, 0.3) is 5.91 Å². The molecule has 134 valence electrons. The van der Waals surface area contributed by atoms with Crippen molar-refractivity contribution in [3.63, 3.8) is 0 Å². The summed E-state index contributed by atoms with van der Waals surface area (Å²) in [5, 5.41) is 2.91.